The second kappa shape index (κ2) is 5.49. The van der Waals surface area contributed by atoms with Gasteiger partial charge in [0.1, 0.15) is 5.82 Å². The first-order valence-electron chi connectivity index (χ1n) is 7.69. The molecule has 0 aromatic carbocycles. The Morgan fingerprint density at radius 1 is 1.32 bits per heavy atom. The van der Waals surface area contributed by atoms with Crippen molar-refractivity contribution >= 4 is 5.82 Å². The number of hydrogen-bond acceptors (Lipinski definition) is 3. The number of anilines is 1. The second-order valence-corrected chi connectivity index (χ2v) is 5.93. The molecule has 1 unspecified atom stereocenters. The van der Waals surface area contributed by atoms with Crippen molar-refractivity contribution < 1.29 is 5.11 Å². The molecule has 0 radical (unpaired) electrons. The van der Waals surface area contributed by atoms with Crippen molar-refractivity contribution in [3.05, 3.63) is 23.4 Å². The number of aromatic nitrogens is 1. The Morgan fingerprint density at radius 2 is 2.11 bits per heavy atom. The summed E-state index contributed by atoms with van der Waals surface area (Å²) in [6.45, 7) is 4.14. The van der Waals surface area contributed by atoms with E-state index in [-0.39, 0.29) is 6.10 Å². The van der Waals surface area contributed by atoms with Crippen LogP contribution in [-0.2, 0) is 12.8 Å². The average molecular weight is 260 g/mol. The highest BCUT2D eigenvalue weighted by Gasteiger charge is 2.25. The van der Waals surface area contributed by atoms with Crippen molar-refractivity contribution in [2.45, 2.75) is 51.6 Å². The molecule has 1 aliphatic carbocycles. The third-order valence-corrected chi connectivity index (χ3v) is 4.74. The molecular weight excluding hydrogens is 236 g/mol. The molecule has 0 amide bonds. The molecule has 2 heterocycles. The zero-order valence-electron chi connectivity index (χ0n) is 11.8. The van der Waals surface area contributed by atoms with Gasteiger partial charge in [-0.1, -0.05) is 13.0 Å². The van der Waals surface area contributed by atoms with E-state index in [0.29, 0.717) is 5.92 Å². The first-order chi connectivity index (χ1) is 9.28. The number of aryl methyl sites for hydroxylation is 2. The van der Waals surface area contributed by atoms with Crippen molar-refractivity contribution in [1.82, 2.24) is 4.98 Å². The van der Waals surface area contributed by atoms with Gasteiger partial charge in [0.15, 0.2) is 0 Å². The van der Waals surface area contributed by atoms with Gasteiger partial charge in [-0.15, -0.1) is 0 Å². The molecule has 1 saturated heterocycles. The summed E-state index contributed by atoms with van der Waals surface area (Å²) in [5.41, 5.74) is 2.76. The van der Waals surface area contributed by atoms with E-state index in [9.17, 15) is 5.11 Å². The quantitative estimate of drug-likeness (QED) is 0.907. The Labute approximate surface area is 115 Å². The molecule has 1 fully saturated rings. The summed E-state index contributed by atoms with van der Waals surface area (Å²) in [6.07, 6.45) is 6.55. The van der Waals surface area contributed by atoms with Crippen LogP contribution in [0.25, 0.3) is 0 Å². The van der Waals surface area contributed by atoms with E-state index < -0.39 is 0 Å². The minimum atomic E-state index is -0.116. The van der Waals surface area contributed by atoms with E-state index >= 15 is 0 Å². The number of aliphatic hydroxyl groups is 1. The van der Waals surface area contributed by atoms with Crippen molar-refractivity contribution in [3.63, 3.8) is 0 Å². The lowest BCUT2D eigenvalue weighted by Gasteiger charge is -2.34. The lowest BCUT2D eigenvalue weighted by atomic mass is 9.90. The predicted molar refractivity (Wildman–Crippen MR) is 77.5 cm³/mol. The molecule has 3 rings (SSSR count). The minimum absolute atomic E-state index is 0.116. The summed E-state index contributed by atoms with van der Waals surface area (Å²) in [5.74, 6) is 1.63. The molecule has 3 nitrogen and oxygen atoms in total. The molecule has 1 atom stereocenters. The number of pyridine rings is 1. The Morgan fingerprint density at radius 3 is 2.84 bits per heavy atom. The van der Waals surface area contributed by atoms with Gasteiger partial charge in [0.2, 0.25) is 0 Å². The highest BCUT2D eigenvalue weighted by Crippen LogP contribution is 2.28. The normalized spacial score (nSPS) is 21.5. The summed E-state index contributed by atoms with van der Waals surface area (Å²) < 4.78 is 0. The zero-order chi connectivity index (χ0) is 13.2. The summed E-state index contributed by atoms with van der Waals surface area (Å²) >= 11 is 0. The number of nitrogens with zero attached hydrogens (tertiary/aromatic N) is 2. The third kappa shape index (κ3) is 2.62. The van der Waals surface area contributed by atoms with Gasteiger partial charge < -0.3 is 10.0 Å². The molecule has 19 heavy (non-hydrogen) atoms. The van der Waals surface area contributed by atoms with Gasteiger partial charge >= 0.3 is 0 Å². The average Bonchev–Trinajstić information content (AvgIpc) is 2.94. The van der Waals surface area contributed by atoms with E-state index in [0.717, 1.165) is 44.6 Å². The number of aliphatic hydroxyl groups excluding tert-OH is 1. The van der Waals surface area contributed by atoms with Crippen LogP contribution in [0.15, 0.2) is 12.1 Å². The van der Waals surface area contributed by atoms with E-state index in [2.05, 4.69) is 24.0 Å². The Hall–Kier alpha value is -1.09. The van der Waals surface area contributed by atoms with Crippen molar-refractivity contribution in [3.8, 4) is 0 Å². The fourth-order valence-corrected chi connectivity index (χ4v) is 3.43. The van der Waals surface area contributed by atoms with Crippen LogP contribution in [0.3, 0.4) is 0 Å². The molecule has 2 aliphatic rings. The molecule has 104 valence electrons. The predicted octanol–water partition coefficient (Wildman–Crippen LogP) is 2.56. The molecule has 3 heteroatoms. The lowest BCUT2D eigenvalue weighted by Crippen LogP contribution is -2.38. The lowest BCUT2D eigenvalue weighted by molar-refractivity contribution is 0.0892. The van der Waals surface area contributed by atoms with Crippen LogP contribution in [0, 0.1) is 5.92 Å². The second-order valence-electron chi connectivity index (χ2n) is 5.93. The van der Waals surface area contributed by atoms with Gasteiger partial charge in [0.25, 0.3) is 0 Å². The van der Waals surface area contributed by atoms with E-state index in [1.54, 1.807) is 0 Å². The molecule has 1 aliphatic heterocycles. The van der Waals surface area contributed by atoms with Crippen LogP contribution >= 0.6 is 0 Å². The van der Waals surface area contributed by atoms with E-state index in [4.69, 9.17) is 4.98 Å². The first-order valence-corrected chi connectivity index (χ1v) is 7.69. The van der Waals surface area contributed by atoms with Gasteiger partial charge in [-0.3, -0.25) is 0 Å². The SMILES string of the molecule is CCC(O)C1CCN(c2ccc3c(n2)CCC3)CC1. The van der Waals surface area contributed by atoms with E-state index in [1.807, 2.05) is 0 Å². The zero-order valence-corrected chi connectivity index (χ0v) is 11.8. The standard InChI is InChI=1S/C16H24N2O/c1-2-15(19)13-8-10-18(11-9-13)16-7-6-12-4-3-5-14(12)17-16/h6-7,13,15,19H,2-5,8-11H2,1H3. The van der Waals surface area contributed by atoms with Gasteiger partial charge in [0.05, 0.1) is 6.10 Å². The van der Waals surface area contributed by atoms with Gasteiger partial charge in [-0.2, -0.15) is 0 Å². The Balaban J connectivity index is 1.65. The maximum Gasteiger partial charge on any atom is 0.128 e. The minimum Gasteiger partial charge on any atom is -0.393 e. The summed E-state index contributed by atoms with van der Waals surface area (Å²) in [4.78, 5) is 7.22. The fourth-order valence-electron chi connectivity index (χ4n) is 3.43. The third-order valence-electron chi connectivity index (χ3n) is 4.74. The smallest absolute Gasteiger partial charge is 0.128 e. The molecule has 0 spiro atoms. The van der Waals surface area contributed by atoms with Crippen LogP contribution < -0.4 is 4.90 Å². The fraction of sp³-hybridized carbons (Fsp3) is 0.688. The topological polar surface area (TPSA) is 36.4 Å². The van der Waals surface area contributed by atoms with Crippen LogP contribution in [-0.4, -0.2) is 29.3 Å². The van der Waals surface area contributed by atoms with Crippen LogP contribution in [0.1, 0.15) is 43.9 Å². The summed E-state index contributed by atoms with van der Waals surface area (Å²) in [6, 6.07) is 4.44. The maximum atomic E-state index is 9.93. The highest BCUT2D eigenvalue weighted by molar-refractivity contribution is 5.43. The van der Waals surface area contributed by atoms with Crippen molar-refractivity contribution in [1.29, 1.82) is 0 Å². The van der Waals surface area contributed by atoms with Crippen molar-refractivity contribution in [2.75, 3.05) is 18.0 Å². The number of hydrogen-bond donors (Lipinski definition) is 1. The maximum absolute atomic E-state index is 9.93. The number of piperidine rings is 1. The molecule has 1 N–H and O–H groups in total. The van der Waals surface area contributed by atoms with Crippen LogP contribution in [0.5, 0.6) is 0 Å². The van der Waals surface area contributed by atoms with E-state index in [1.165, 1.54) is 24.1 Å². The van der Waals surface area contributed by atoms with Crippen LogP contribution in [0.4, 0.5) is 5.82 Å². The Kier molecular flexibility index (Phi) is 3.74. The molecule has 0 bridgehead atoms. The van der Waals surface area contributed by atoms with Crippen LogP contribution in [0.2, 0.25) is 0 Å². The van der Waals surface area contributed by atoms with Crippen molar-refractivity contribution in [2.24, 2.45) is 5.92 Å². The highest BCUT2D eigenvalue weighted by atomic mass is 16.3. The number of rotatable bonds is 3. The van der Waals surface area contributed by atoms with Gasteiger partial charge in [-0.25, -0.2) is 4.98 Å². The first kappa shape index (κ1) is 12.9. The van der Waals surface area contributed by atoms with Gasteiger partial charge in [-0.05, 0) is 56.1 Å². The number of fused-ring (bicyclic) bond motifs is 1. The summed E-state index contributed by atoms with van der Waals surface area (Å²) in [7, 11) is 0. The monoisotopic (exact) mass is 260 g/mol. The summed E-state index contributed by atoms with van der Waals surface area (Å²) in [5, 5.41) is 9.93. The van der Waals surface area contributed by atoms with Gasteiger partial charge in [0, 0.05) is 18.8 Å². The molecular formula is C16H24N2O. The largest absolute Gasteiger partial charge is 0.393 e. The molecule has 0 saturated carbocycles. The Bertz CT molecular complexity index is 438. The molecule has 1 aromatic heterocycles. The molecule has 1 aromatic rings.